The topological polar surface area (TPSA) is 70.2 Å². The maximum Gasteiger partial charge on any atom is 0.257 e. The molecule has 0 aromatic heterocycles. The van der Waals surface area contributed by atoms with Gasteiger partial charge in [0.25, 0.3) is 5.91 Å². The van der Waals surface area contributed by atoms with E-state index in [1.54, 1.807) is 12.1 Å². The van der Waals surface area contributed by atoms with Gasteiger partial charge in [0.05, 0.1) is 0 Å². The first-order valence-corrected chi connectivity index (χ1v) is 8.94. The molecule has 0 spiro atoms. The average Bonchev–Trinajstić information content (AvgIpc) is 3.44. The van der Waals surface area contributed by atoms with Crippen LogP contribution in [0.25, 0.3) is 0 Å². The number of hydrogen-bond donors (Lipinski definition) is 3. The number of benzene rings is 2. The summed E-state index contributed by atoms with van der Waals surface area (Å²) in [6.45, 7) is 3.86. The number of aryl methyl sites for hydroxylation is 1. The highest BCUT2D eigenvalue weighted by Crippen LogP contribution is 2.31. The van der Waals surface area contributed by atoms with E-state index in [9.17, 15) is 9.59 Å². The van der Waals surface area contributed by atoms with E-state index in [1.165, 1.54) is 0 Å². The van der Waals surface area contributed by atoms with Crippen molar-refractivity contribution in [3.05, 3.63) is 59.2 Å². The van der Waals surface area contributed by atoms with Crippen molar-refractivity contribution in [3.63, 3.8) is 0 Å². The Kier molecular flexibility index (Phi) is 5.32. The van der Waals surface area contributed by atoms with Gasteiger partial charge in [-0.3, -0.25) is 14.9 Å². The molecule has 1 saturated carbocycles. The summed E-state index contributed by atoms with van der Waals surface area (Å²) in [5, 5.41) is 8.86. The third kappa shape index (κ3) is 4.46. The zero-order valence-electron chi connectivity index (χ0n) is 14.8. The fraction of sp³-hybridized carbons (Fsp3) is 0.250. The van der Waals surface area contributed by atoms with Crippen LogP contribution in [-0.2, 0) is 4.79 Å². The molecule has 0 unspecified atom stereocenters. The molecule has 1 aliphatic rings. The Morgan fingerprint density at radius 2 is 1.58 bits per heavy atom. The molecule has 1 aliphatic carbocycles. The van der Waals surface area contributed by atoms with Gasteiger partial charge in [-0.1, -0.05) is 23.8 Å². The first-order valence-electron chi connectivity index (χ1n) is 8.53. The summed E-state index contributed by atoms with van der Waals surface area (Å²) in [6.07, 6.45) is 1.91. The summed E-state index contributed by atoms with van der Waals surface area (Å²) in [5.74, 6) is -0.0697. The lowest BCUT2D eigenvalue weighted by atomic mass is 10.1. The van der Waals surface area contributed by atoms with Crippen LogP contribution >= 0.6 is 12.2 Å². The molecule has 0 saturated heterocycles. The fourth-order valence-corrected chi connectivity index (χ4v) is 2.72. The van der Waals surface area contributed by atoms with Crippen molar-refractivity contribution >= 4 is 40.5 Å². The van der Waals surface area contributed by atoms with Crippen LogP contribution in [0.2, 0.25) is 0 Å². The minimum Gasteiger partial charge on any atom is -0.332 e. The predicted octanol–water partition coefficient (Wildman–Crippen LogP) is 3.78. The number of thiocarbonyl (C=S) groups is 1. The van der Waals surface area contributed by atoms with Crippen LogP contribution in [0.1, 0.15) is 34.3 Å². The molecule has 0 aliphatic heterocycles. The highest BCUT2D eigenvalue weighted by molar-refractivity contribution is 7.80. The summed E-state index contributed by atoms with van der Waals surface area (Å²) in [7, 11) is 0. The quantitative estimate of drug-likeness (QED) is 0.719. The van der Waals surface area contributed by atoms with Crippen molar-refractivity contribution in [2.45, 2.75) is 26.7 Å². The Bertz CT molecular complexity index is 858. The van der Waals surface area contributed by atoms with E-state index in [1.807, 2.05) is 44.2 Å². The van der Waals surface area contributed by atoms with E-state index in [-0.39, 0.29) is 22.8 Å². The molecule has 0 bridgehead atoms. The maximum atomic E-state index is 12.2. The number of anilines is 2. The number of carbonyl (C=O) groups is 2. The zero-order valence-corrected chi connectivity index (χ0v) is 15.6. The Labute approximate surface area is 158 Å². The van der Waals surface area contributed by atoms with Gasteiger partial charge in [0.15, 0.2) is 5.11 Å². The Hall–Kier alpha value is -2.73. The SMILES string of the molecule is Cc1ccc(C(=O)NC(=S)Nc2cccc(NC(=O)C3CC3)c2C)cc1. The first-order chi connectivity index (χ1) is 12.4. The van der Waals surface area contributed by atoms with Crippen molar-refractivity contribution in [2.75, 3.05) is 10.6 Å². The van der Waals surface area contributed by atoms with Crippen LogP contribution in [0.15, 0.2) is 42.5 Å². The lowest BCUT2D eigenvalue weighted by molar-refractivity contribution is -0.117. The molecule has 3 N–H and O–H groups in total. The molecule has 2 amide bonds. The minimum absolute atomic E-state index is 0.0560. The predicted molar refractivity (Wildman–Crippen MR) is 107 cm³/mol. The monoisotopic (exact) mass is 367 g/mol. The summed E-state index contributed by atoms with van der Waals surface area (Å²) >= 11 is 5.25. The molecule has 1 fully saturated rings. The Morgan fingerprint density at radius 3 is 2.19 bits per heavy atom. The molecule has 0 radical (unpaired) electrons. The third-order valence-electron chi connectivity index (χ3n) is 4.33. The van der Waals surface area contributed by atoms with Crippen LogP contribution < -0.4 is 16.0 Å². The summed E-state index contributed by atoms with van der Waals surface area (Å²) in [4.78, 5) is 24.2. The summed E-state index contributed by atoms with van der Waals surface area (Å²) in [6, 6.07) is 12.8. The summed E-state index contributed by atoms with van der Waals surface area (Å²) < 4.78 is 0. The normalized spacial score (nSPS) is 13.0. The Morgan fingerprint density at radius 1 is 0.962 bits per heavy atom. The molecule has 6 heteroatoms. The van der Waals surface area contributed by atoms with Crippen LogP contribution in [0.5, 0.6) is 0 Å². The van der Waals surface area contributed by atoms with Gasteiger partial charge in [-0.05, 0) is 68.7 Å². The van der Waals surface area contributed by atoms with Gasteiger partial charge in [-0.2, -0.15) is 0 Å². The second-order valence-corrected chi connectivity index (χ2v) is 6.92. The van der Waals surface area contributed by atoms with Crippen LogP contribution in [-0.4, -0.2) is 16.9 Å². The van der Waals surface area contributed by atoms with Crippen LogP contribution in [0.3, 0.4) is 0 Å². The molecule has 0 heterocycles. The molecule has 5 nitrogen and oxygen atoms in total. The number of nitrogens with one attached hydrogen (secondary N) is 3. The maximum absolute atomic E-state index is 12.2. The summed E-state index contributed by atoms with van der Waals surface area (Å²) in [5.41, 5.74) is 3.99. The molecule has 3 rings (SSSR count). The largest absolute Gasteiger partial charge is 0.332 e. The number of hydrogen-bond acceptors (Lipinski definition) is 3. The standard InChI is InChI=1S/C20H21N3O2S/c1-12-6-8-14(9-7-12)19(25)23-20(26)22-17-5-3-4-16(13(17)2)21-18(24)15-10-11-15/h3-9,15H,10-11H2,1-2H3,(H,21,24)(H2,22,23,25,26). The van der Waals surface area contributed by atoms with E-state index in [0.29, 0.717) is 5.56 Å². The average molecular weight is 367 g/mol. The van der Waals surface area contributed by atoms with E-state index < -0.39 is 0 Å². The molecule has 134 valence electrons. The van der Waals surface area contributed by atoms with Crippen LogP contribution in [0, 0.1) is 19.8 Å². The Balaban J connectivity index is 1.64. The van der Waals surface area contributed by atoms with Gasteiger partial charge in [-0.15, -0.1) is 0 Å². The third-order valence-corrected chi connectivity index (χ3v) is 4.53. The van der Waals surface area contributed by atoms with E-state index >= 15 is 0 Å². The highest BCUT2D eigenvalue weighted by atomic mass is 32.1. The zero-order chi connectivity index (χ0) is 18.7. The molecule has 26 heavy (non-hydrogen) atoms. The van der Waals surface area contributed by atoms with Crippen molar-refractivity contribution in [2.24, 2.45) is 5.92 Å². The number of carbonyl (C=O) groups excluding carboxylic acids is 2. The number of amides is 2. The van der Waals surface area contributed by atoms with E-state index in [0.717, 1.165) is 35.3 Å². The van der Waals surface area contributed by atoms with Gasteiger partial charge in [0.2, 0.25) is 5.91 Å². The molecular weight excluding hydrogens is 346 g/mol. The second-order valence-electron chi connectivity index (χ2n) is 6.52. The van der Waals surface area contributed by atoms with Gasteiger partial charge >= 0.3 is 0 Å². The lowest BCUT2D eigenvalue weighted by Crippen LogP contribution is -2.34. The van der Waals surface area contributed by atoms with Crippen LogP contribution in [0.4, 0.5) is 11.4 Å². The molecule has 2 aromatic carbocycles. The van der Waals surface area contributed by atoms with E-state index in [2.05, 4.69) is 16.0 Å². The van der Waals surface area contributed by atoms with Gasteiger partial charge < -0.3 is 10.6 Å². The minimum atomic E-state index is -0.265. The van der Waals surface area contributed by atoms with Gasteiger partial charge in [0.1, 0.15) is 0 Å². The van der Waals surface area contributed by atoms with Crippen molar-refractivity contribution < 1.29 is 9.59 Å². The fourth-order valence-electron chi connectivity index (χ4n) is 2.52. The number of rotatable bonds is 4. The first kappa shape index (κ1) is 18.1. The van der Waals surface area contributed by atoms with Crippen molar-refractivity contribution in [1.29, 1.82) is 0 Å². The smallest absolute Gasteiger partial charge is 0.257 e. The molecule has 2 aromatic rings. The van der Waals surface area contributed by atoms with Gasteiger partial charge in [0, 0.05) is 22.9 Å². The van der Waals surface area contributed by atoms with Crippen molar-refractivity contribution in [1.82, 2.24) is 5.32 Å². The van der Waals surface area contributed by atoms with Crippen molar-refractivity contribution in [3.8, 4) is 0 Å². The highest BCUT2D eigenvalue weighted by Gasteiger charge is 2.29. The molecule has 0 atom stereocenters. The molecular formula is C20H21N3O2S. The lowest BCUT2D eigenvalue weighted by Gasteiger charge is -2.15. The second kappa shape index (κ2) is 7.66. The van der Waals surface area contributed by atoms with E-state index in [4.69, 9.17) is 12.2 Å². The van der Waals surface area contributed by atoms with Gasteiger partial charge in [-0.25, -0.2) is 0 Å².